The van der Waals surface area contributed by atoms with Crippen LogP contribution < -0.4 is 5.73 Å². The van der Waals surface area contributed by atoms with E-state index >= 15 is 0 Å². The van der Waals surface area contributed by atoms with E-state index in [1.807, 2.05) is 13.0 Å². The van der Waals surface area contributed by atoms with Crippen molar-refractivity contribution in [3.05, 3.63) is 47.0 Å². The van der Waals surface area contributed by atoms with E-state index in [4.69, 9.17) is 10.7 Å². The van der Waals surface area contributed by atoms with Gasteiger partial charge in [-0.15, -0.1) is 0 Å². The Kier molecular flexibility index (Phi) is 3.45. The molecule has 1 saturated carbocycles. The van der Waals surface area contributed by atoms with Gasteiger partial charge in [0.15, 0.2) is 0 Å². The van der Waals surface area contributed by atoms with Gasteiger partial charge in [-0.1, -0.05) is 42.8 Å². The van der Waals surface area contributed by atoms with Gasteiger partial charge in [-0.2, -0.15) is 0 Å². The molecule has 4 heteroatoms. The van der Waals surface area contributed by atoms with Crippen LogP contribution in [-0.2, 0) is 0 Å². The summed E-state index contributed by atoms with van der Waals surface area (Å²) in [6.45, 7) is 2.02. The molecule has 1 aliphatic carbocycles. The maximum absolute atomic E-state index is 6.16. The monoisotopic (exact) mass is 304 g/mol. The lowest BCUT2D eigenvalue weighted by molar-refractivity contribution is 0.408. The van der Waals surface area contributed by atoms with Crippen molar-refractivity contribution >= 4 is 29.7 Å². The third kappa shape index (κ3) is 2.34. The number of rotatable bonds is 3. The highest BCUT2D eigenvalue weighted by Gasteiger charge is 2.39. The average Bonchev–Trinajstić information content (AvgIpc) is 2.88. The lowest BCUT2D eigenvalue weighted by Gasteiger charge is -2.28. The molecular formula is C19H20N4. The molecule has 3 aliphatic rings. The van der Waals surface area contributed by atoms with E-state index < -0.39 is 0 Å². The first-order chi connectivity index (χ1) is 11.3. The Hall–Kier alpha value is -2.49. The van der Waals surface area contributed by atoms with Gasteiger partial charge in [-0.3, -0.25) is 9.98 Å². The van der Waals surface area contributed by atoms with E-state index in [0.717, 1.165) is 16.8 Å². The van der Waals surface area contributed by atoms with Gasteiger partial charge in [0.2, 0.25) is 0 Å². The standard InChI is InChI=1S/C19H20N4/c1-2-4-12-7-9-14(10-8-12)16-15-18(21-11-22-19(15)20)17(23-16)13-5-3-6-13/h2,4,7-11,13,18H,3,5-6H2,1H3,(H2,20,21,22)/b4-2-. The number of nitrogens with zero attached hydrogens (tertiary/aromatic N) is 3. The first kappa shape index (κ1) is 14.1. The molecule has 2 aliphatic heterocycles. The molecule has 116 valence electrons. The summed E-state index contributed by atoms with van der Waals surface area (Å²) >= 11 is 0. The van der Waals surface area contributed by atoms with Crippen LogP contribution in [-0.4, -0.2) is 23.9 Å². The summed E-state index contributed by atoms with van der Waals surface area (Å²) in [5.41, 5.74) is 11.5. The summed E-state index contributed by atoms with van der Waals surface area (Å²) in [6.07, 6.45) is 9.41. The summed E-state index contributed by atoms with van der Waals surface area (Å²) in [5, 5.41) is 0. The third-order valence-electron chi connectivity index (χ3n) is 4.80. The van der Waals surface area contributed by atoms with Crippen LogP contribution in [0.5, 0.6) is 0 Å². The third-order valence-corrected chi connectivity index (χ3v) is 4.80. The van der Waals surface area contributed by atoms with E-state index in [1.54, 1.807) is 6.34 Å². The summed E-state index contributed by atoms with van der Waals surface area (Å²) in [7, 11) is 0. The van der Waals surface area contributed by atoms with E-state index in [1.165, 1.54) is 30.5 Å². The van der Waals surface area contributed by atoms with Crippen molar-refractivity contribution < 1.29 is 0 Å². The van der Waals surface area contributed by atoms with E-state index in [0.29, 0.717) is 11.8 Å². The molecule has 1 aromatic carbocycles. The zero-order valence-corrected chi connectivity index (χ0v) is 13.2. The van der Waals surface area contributed by atoms with Crippen LogP contribution in [0.2, 0.25) is 0 Å². The van der Waals surface area contributed by atoms with Crippen LogP contribution in [0.1, 0.15) is 37.3 Å². The highest BCUT2D eigenvalue weighted by molar-refractivity contribution is 6.20. The van der Waals surface area contributed by atoms with Crippen LogP contribution in [0.3, 0.4) is 0 Å². The Bertz CT molecular complexity index is 774. The Labute approximate surface area is 136 Å². The fourth-order valence-corrected chi connectivity index (χ4v) is 3.36. The zero-order chi connectivity index (χ0) is 15.8. The van der Waals surface area contributed by atoms with Crippen molar-refractivity contribution in [1.82, 2.24) is 0 Å². The molecule has 0 radical (unpaired) electrons. The molecule has 0 aromatic heterocycles. The molecule has 2 N–H and O–H groups in total. The first-order valence-electron chi connectivity index (χ1n) is 8.19. The Morgan fingerprint density at radius 1 is 1.17 bits per heavy atom. The molecule has 4 nitrogen and oxygen atoms in total. The van der Waals surface area contributed by atoms with Gasteiger partial charge >= 0.3 is 0 Å². The second kappa shape index (κ2) is 5.61. The SMILES string of the molecule is C/C=C\c1ccc(C2=C3C(N)=NC=NC3C(C3CCC3)=N2)cc1. The lowest BCUT2D eigenvalue weighted by atomic mass is 9.78. The average molecular weight is 304 g/mol. The predicted octanol–water partition coefficient (Wildman–Crippen LogP) is 3.45. The molecule has 1 atom stereocenters. The largest absolute Gasteiger partial charge is 0.383 e. The van der Waals surface area contributed by atoms with Gasteiger partial charge in [-0.25, -0.2) is 4.99 Å². The second-order valence-electron chi connectivity index (χ2n) is 6.23. The molecule has 1 aromatic rings. The minimum absolute atomic E-state index is 0.0250. The normalized spacial score (nSPS) is 23.8. The molecule has 0 bridgehead atoms. The van der Waals surface area contributed by atoms with Gasteiger partial charge < -0.3 is 5.73 Å². The van der Waals surface area contributed by atoms with Gasteiger partial charge in [0.05, 0.1) is 17.0 Å². The number of hydrogen-bond acceptors (Lipinski definition) is 4. The topological polar surface area (TPSA) is 63.1 Å². The molecule has 23 heavy (non-hydrogen) atoms. The van der Waals surface area contributed by atoms with Crippen molar-refractivity contribution in [2.24, 2.45) is 26.6 Å². The fraction of sp³-hybridized carbons (Fsp3) is 0.316. The minimum Gasteiger partial charge on any atom is -0.383 e. The molecule has 0 amide bonds. The van der Waals surface area contributed by atoms with Gasteiger partial charge in [0.1, 0.15) is 18.2 Å². The van der Waals surface area contributed by atoms with Crippen molar-refractivity contribution in [3.63, 3.8) is 0 Å². The summed E-state index contributed by atoms with van der Waals surface area (Å²) in [5.74, 6) is 1.11. The number of hydrogen-bond donors (Lipinski definition) is 1. The van der Waals surface area contributed by atoms with Crippen molar-refractivity contribution in [2.45, 2.75) is 32.2 Å². The van der Waals surface area contributed by atoms with Gasteiger partial charge in [-0.05, 0) is 31.2 Å². The Morgan fingerprint density at radius 3 is 2.61 bits per heavy atom. The van der Waals surface area contributed by atoms with Crippen LogP contribution in [0, 0.1) is 5.92 Å². The quantitative estimate of drug-likeness (QED) is 0.913. The predicted molar refractivity (Wildman–Crippen MR) is 96.7 cm³/mol. The van der Waals surface area contributed by atoms with Gasteiger partial charge in [0.25, 0.3) is 0 Å². The van der Waals surface area contributed by atoms with Crippen molar-refractivity contribution in [3.8, 4) is 0 Å². The molecule has 2 heterocycles. The number of amidine groups is 1. The highest BCUT2D eigenvalue weighted by atomic mass is 15.0. The molecule has 1 unspecified atom stereocenters. The summed E-state index contributed by atoms with van der Waals surface area (Å²) < 4.78 is 0. The molecule has 0 spiro atoms. The number of aliphatic imine (C=N–C) groups is 3. The number of allylic oxidation sites excluding steroid dienone is 1. The van der Waals surface area contributed by atoms with Crippen molar-refractivity contribution in [1.29, 1.82) is 0 Å². The maximum atomic E-state index is 6.16. The highest BCUT2D eigenvalue weighted by Crippen LogP contribution is 2.39. The summed E-state index contributed by atoms with van der Waals surface area (Å²) in [4.78, 5) is 13.7. The second-order valence-corrected chi connectivity index (χ2v) is 6.23. The van der Waals surface area contributed by atoms with Crippen LogP contribution in [0.4, 0.5) is 0 Å². The number of benzene rings is 1. The molecular weight excluding hydrogens is 284 g/mol. The maximum Gasteiger partial charge on any atom is 0.133 e. The fourth-order valence-electron chi connectivity index (χ4n) is 3.36. The van der Waals surface area contributed by atoms with Crippen molar-refractivity contribution in [2.75, 3.05) is 0 Å². The zero-order valence-electron chi connectivity index (χ0n) is 13.2. The molecule has 0 saturated heterocycles. The van der Waals surface area contributed by atoms with E-state index in [9.17, 15) is 0 Å². The smallest absolute Gasteiger partial charge is 0.133 e. The van der Waals surface area contributed by atoms with E-state index in [-0.39, 0.29) is 6.04 Å². The lowest BCUT2D eigenvalue weighted by Crippen LogP contribution is -2.35. The Morgan fingerprint density at radius 2 is 1.96 bits per heavy atom. The minimum atomic E-state index is -0.0250. The van der Waals surface area contributed by atoms with E-state index in [2.05, 4.69) is 40.3 Å². The van der Waals surface area contributed by atoms with Gasteiger partial charge in [0, 0.05) is 5.56 Å². The van der Waals surface area contributed by atoms with Crippen LogP contribution in [0.25, 0.3) is 11.8 Å². The number of nitrogens with two attached hydrogens (primary N) is 1. The first-order valence-corrected chi connectivity index (χ1v) is 8.19. The molecule has 4 rings (SSSR count). The Balaban J connectivity index is 1.77. The van der Waals surface area contributed by atoms with Crippen LogP contribution >= 0.6 is 0 Å². The number of fused-ring (bicyclic) bond motifs is 1. The van der Waals surface area contributed by atoms with Crippen LogP contribution in [0.15, 0.2) is 50.9 Å². The molecule has 1 fully saturated rings. The summed E-state index contributed by atoms with van der Waals surface area (Å²) in [6, 6.07) is 8.40.